The fourth-order valence-electron chi connectivity index (χ4n) is 5.65. The highest BCUT2D eigenvalue weighted by atomic mass is 16.3. The number of rotatable bonds is 3. The summed E-state index contributed by atoms with van der Waals surface area (Å²) in [5.74, 6) is -6.53. The monoisotopic (exact) mass is 457 g/mol. The maximum absolute atomic E-state index is 13.5. The summed E-state index contributed by atoms with van der Waals surface area (Å²) in [5.41, 5.74) is 3.02. The number of phenols is 1. The quantitative estimate of drug-likeness (QED) is 0.398. The summed E-state index contributed by atoms with van der Waals surface area (Å²) < 4.78 is 0. The molecule has 4 rings (SSSR count). The number of aromatic hydroxyl groups is 1. The van der Waals surface area contributed by atoms with Crippen LogP contribution in [-0.4, -0.2) is 82.6 Å². The van der Waals surface area contributed by atoms with Gasteiger partial charge in [0.1, 0.15) is 22.8 Å². The zero-order valence-electron chi connectivity index (χ0n) is 18.8. The van der Waals surface area contributed by atoms with Crippen LogP contribution in [0.3, 0.4) is 0 Å². The highest BCUT2D eigenvalue weighted by molar-refractivity contribution is 6.24. The molecule has 0 spiro atoms. The van der Waals surface area contributed by atoms with Crippen molar-refractivity contribution in [1.29, 1.82) is 0 Å². The fraction of sp³-hybridized carbons (Fsp3) is 0.435. The normalized spacial score (nSPS) is 29.1. The van der Waals surface area contributed by atoms with Gasteiger partial charge in [0, 0.05) is 31.3 Å². The standard InChI is InChI=1S/C23H27N3O7/c1-25(2)12-5-6-13(27)15-10(12)7-9-8-11-17(26(3)4)19(29)16(22(24)32)21(31)23(11,33)20(30)14(9)18(15)28/h5-6,9,11,17,27,29-30,33H,7-8H2,1-4H3,(H2,24,32)/t9?,11-,17?,23?/m0/s1. The number of aliphatic hydroxyl groups is 3. The molecule has 0 heterocycles. The number of likely N-dealkylation sites (N-methyl/N-ethyl adjacent to an activating group) is 1. The summed E-state index contributed by atoms with van der Waals surface area (Å²) in [6, 6.07) is 2.06. The van der Waals surface area contributed by atoms with E-state index in [0.29, 0.717) is 5.56 Å². The number of carbonyl (C=O) groups excluding carboxylic acids is 3. The van der Waals surface area contributed by atoms with Crippen molar-refractivity contribution in [3.05, 3.63) is 45.9 Å². The number of primary amides is 1. The Balaban J connectivity index is 1.98. The van der Waals surface area contributed by atoms with Gasteiger partial charge in [0.25, 0.3) is 5.91 Å². The van der Waals surface area contributed by atoms with E-state index in [9.17, 15) is 34.8 Å². The first-order chi connectivity index (χ1) is 15.3. The summed E-state index contributed by atoms with van der Waals surface area (Å²) in [5, 5.41) is 43.9. The highest BCUT2D eigenvalue weighted by Gasteiger charge is 2.63. The molecule has 0 aromatic heterocycles. The molecular weight excluding hydrogens is 430 g/mol. The molecule has 10 nitrogen and oxygen atoms in total. The topological polar surface area (TPSA) is 165 Å². The maximum atomic E-state index is 13.5. The maximum Gasteiger partial charge on any atom is 0.255 e. The summed E-state index contributed by atoms with van der Waals surface area (Å²) in [6.45, 7) is 0. The first-order valence-electron chi connectivity index (χ1n) is 10.5. The van der Waals surface area contributed by atoms with Crippen molar-refractivity contribution in [2.75, 3.05) is 33.1 Å². The lowest BCUT2D eigenvalue weighted by molar-refractivity contribution is -0.148. The third-order valence-electron chi connectivity index (χ3n) is 7.06. The number of aliphatic hydroxyl groups excluding tert-OH is 2. The molecule has 3 aliphatic carbocycles. The molecule has 3 aliphatic rings. The van der Waals surface area contributed by atoms with E-state index in [1.807, 2.05) is 0 Å². The molecule has 6 N–H and O–H groups in total. The van der Waals surface area contributed by atoms with Crippen LogP contribution >= 0.6 is 0 Å². The summed E-state index contributed by atoms with van der Waals surface area (Å²) >= 11 is 0. The largest absolute Gasteiger partial charge is 0.510 e. The molecule has 0 aliphatic heterocycles. The SMILES string of the molecule is CN(C)c1ccc(O)c2c1CC1C[C@H]3C(N(C)C)C(O)=C(C(N)=O)C(=O)C3(O)C(O)=C1C2=O. The molecule has 3 unspecified atom stereocenters. The number of fused-ring (bicyclic) bond motifs is 3. The Morgan fingerprint density at radius 2 is 1.76 bits per heavy atom. The van der Waals surface area contributed by atoms with E-state index < -0.39 is 58.0 Å². The number of nitrogens with zero attached hydrogens (tertiary/aromatic N) is 2. The molecule has 0 radical (unpaired) electrons. The Bertz CT molecular complexity index is 1170. The van der Waals surface area contributed by atoms with Gasteiger partial charge in [-0.1, -0.05) is 0 Å². The van der Waals surface area contributed by atoms with Crippen molar-refractivity contribution in [2.45, 2.75) is 24.5 Å². The first-order valence-corrected chi connectivity index (χ1v) is 10.5. The molecular formula is C23H27N3O7. The van der Waals surface area contributed by atoms with Gasteiger partial charge in [0.2, 0.25) is 5.78 Å². The predicted molar refractivity (Wildman–Crippen MR) is 118 cm³/mol. The van der Waals surface area contributed by atoms with Gasteiger partial charge in [-0.05, 0) is 50.6 Å². The van der Waals surface area contributed by atoms with E-state index in [2.05, 4.69) is 0 Å². The van der Waals surface area contributed by atoms with Crippen molar-refractivity contribution in [2.24, 2.45) is 17.6 Å². The second-order valence-electron chi connectivity index (χ2n) is 9.31. The van der Waals surface area contributed by atoms with Crippen molar-refractivity contribution < 1.29 is 34.8 Å². The predicted octanol–water partition coefficient (Wildman–Crippen LogP) is 0.187. The van der Waals surface area contributed by atoms with Crippen molar-refractivity contribution in [3.63, 3.8) is 0 Å². The highest BCUT2D eigenvalue weighted by Crippen LogP contribution is 2.52. The Morgan fingerprint density at radius 3 is 2.30 bits per heavy atom. The lowest BCUT2D eigenvalue weighted by Crippen LogP contribution is -2.63. The average molecular weight is 457 g/mol. The van der Waals surface area contributed by atoms with Crippen LogP contribution in [0.1, 0.15) is 22.3 Å². The molecule has 0 bridgehead atoms. The van der Waals surface area contributed by atoms with Crippen LogP contribution in [0.5, 0.6) is 5.75 Å². The van der Waals surface area contributed by atoms with Crippen LogP contribution < -0.4 is 10.6 Å². The van der Waals surface area contributed by atoms with Gasteiger partial charge >= 0.3 is 0 Å². The third kappa shape index (κ3) is 2.90. The third-order valence-corrected chi connectivity index (χ3v) is 7.06. The number of carbonyl (C=O) groups is 3. The Hall–Kier alpha value is -3.37. The number of hydrogen-bond donors (Lipinski definition) is 5. The number of nitrogens with two attached hydrogens (primary N) is 1. The van der Waals surface area contributed by atoms with E-state index in [-0.39, 0.29) is 29.7 Å². The van der Waals surface area contributed by atoms with Gasteiger partial charge in [-0.3, -0.25) is 19.3 Å². The summed E-state index contributed by atoms with van der Waals surface area (Å²) in [6.07, 6.45) is 0.324. The van der Waals surface area contributed by atoms with Crippen LogP contribution in [0.4, 0.5) is 5.69 Å². The minimum absolute atomic E-state index is 0.00184. The molecule has 1 aromatic carbocycles. The minimum Gasteiger partial charge on any atom is -0.510 e. The Morgan fingerprint density at radius 1 is 1.12 bits per heavy atom. The lowest BCUT2D eigenvalue weighted by Gasteiger charge is -2.50. The number of allylic oxidation sites excluding steroid dienone is 1. The van der Waals surface area contributed by atoms with Gasteiger partial charge in [-0.15, -0.1) is 0 Å². The Labute approximate surface area is 190 Å². The number of anilines is 1. The molecule has 0 saturated carbocycles. The number of benzene rings is 1. The number of amides is 1. The van der Waals surface area contributed by atoms with E-state index >= 15 is 0 Å². The van der Waals surface area contributed by atoms with Gasteiger partial charge in [0.15, 0.2) is 11.4 Å². The first kappa shape index (κ1) is 22.8. The van der Waals surface area contributed by atoms with E-state index in [1.54, 1.807) is 39.2 Å². The average Bonchev–Trinajstić information content (AvgIpc) is 2.70. The number of hydrogen-bond acceptors (Lipinski definition) is 9. The zero-order valence-corrected chi connectivity index (χ0v) is 18.8. The molecule has 1 aromatic rings. The minimum atomic E-state index is -2.63. The van der Waals surface area contributed by atoms with E-state index in [0.717, 1.165) is 5.69 Å². The molecule has 176 valence electrons. The van der Waals surface area contributed by atoms with Gasteiger partial charge in [-0.2, -0.15) is 0 Å². The molecule has 33 heavy (non-hydrogen) atoms. The van der Waals surface area contributed by atoms with Crippen LogP contribution in [-0.2, 0) is 16.0 Å². The molecule has 10 heteroatoms. The smallest absolute Gasteiger partial charge is 0.255 e. The second kappa shape index (κ2) is 7.32. The fourth-order valence-corrected chi connectivity index (χ4v) is 5.65. The summed E-state index contributed by atoms with van der Waals surface area (Å²) in [4.78, 5) is 42.0. The van der Waals surface area contributed by atoms with Crippen LogP contribution in [0.25, 0.3) is 0 Å². The van der Waals surface area contributed by atoms with Crippen LogP contribution in [0.2, 0.25) is 0 Å². The number of phenolic OH excluding ortho intramolecular Hbond substituents is 1. The van der Waals surface area contributed by atoms with Gasteiger partial charge in [-0.25, -0.2) is 0 Å². The molecule has 0 fully saturated rings. The van der Waals surface area contributed by atoms with E-state index in [4.69, 9.17) is 5.73 Å². The van der Waals surface area contributed by atoms with Crippen molar-refractivity contribution in [1.82, 2.24) is 4.90 Å². The lowest BCUT2D eigenvalue weighted by atomic mass is 9.58. The Kier molecular flexibility index (Phi) is 5.06. The van der Waals surface area contributed by atoms with Crippen LogP contribution in [0.15, 0.2) is 34.8 Å². The van der Waals surface area contributed by atoms with E-state index in [1.165, 1.54) is 11.0 Å². The van der Waals surface area contributed by atoms with Crippen molar-refractivity contribution >= 4 is 23.2 Å². The number of Topliss-reactive ketones (excluding diaryl/α,β-unsaturated/α-hetero) is 2. The van der Waals surface area contributed by atoms with Crippen molar-refractivity contribution in [3.8, 4) is 5.75 Å². The molecule has 4 atom stereocenters. The zero-order chi connectivity index (χ0) is 24.6. The molecule has 0 saturated heterocycles. The second-order valence-corrected chi connectivity index (χ2v) is 9.31. The molecule has 1 amide bonds. The number of ketones is 2. The van der Waals surface area contributed by atoms with Crippen LogP contribution in [0, 0.1) is 11.8 Å². The summed E-state index contributed by atoms with van der Waals surface area (Å²) in [7, 11) is 6.79. The van der Waals surface area contributed by atoms with Gasteiger partial charge in [0.05, 0.1) is 11.6 Å². The van der Waals surface area contributed by atoms with Gasteiger partial charge < -0.3 is 31.1 Å².